The Morgan fingerprint density at radius 3 is 2.39 bits per heavy atom. The third kappa shape index (κ3) is 3.85. The first-order chi connectivity index (χ1) is 13.6. The van der Waals surface area contributed by atoms with E-state index in [0.29, 0.717) is 22.8 Å². The van der Waals surface area contributed by atoms with Gasteiger partial charge in [0.05, 0.1) is 27.8 Å². The lowest BCUT2D eigenvalue weighted by Gasteiger charge is -2.13. The topological polar surface area (TPSA) is 108 Å². The Morgan fingerprint density at radius 2 is 1.75 bits per heavy atom. The first-order valence-corrected chi connectivity index (χ1v) is 8.46. The molecule has 0 amide bonds. The Hall–Kier alpha value is -3.68. The third-order valence-electron chi connectivity index (χ3n) is 4.22. The number of carbonyl (C=O) groups excluding carboxylic acids is 1. The first-order valence-electron chi connectivity index (χ1n) is 8.46. The molecule has 0 unspecified atom stereocenters. The van der Waals surface area contributed by atoms with E-state index in [-0.39, 0.29) is 12.3 Å². The predicted molar refractivity (Wildman–Crippen MR) is 105 cm³/mol. The van der Waals surface area contributed by atoms with Crippen LogP contribution in [-0.4, -0.2) is 38.1 Å². The van der Waals surface area contributed by atoms with E-state index in [9.17, 15) is 4.79 Å². The number of methoxy groups -OCH3 is 3. The fraction of sp³-hybridized carbons (Fsp3) is 0.200. The lowest BCUT2D eigenvalue weighted by Crippen LogP contribution is -2.16. The number of H-pyrrole nitrogens is 1. The Bertz CT molecular complexity index is 1000. The van der Waals surface area contributed by atoms with Gasteiger partial charge in [-0.3, -0.25) is 0 Å². The molecule has 0 saturated carbocycles. The van der Waals surface area contributed by atoms with Crippen LogP contribution in [0, 0.1) is 0 Å². The summed E-state index contributed by atoms with van der Waals surface area (Å²) in [6.07, 6.45) is 1.84. The summed E-state index contributed by atoms with van der Waals surface area (Å²) in [7, 11) is 4.50. The van der Waals surface area contributed by atoms with Crippen molar-refractivity contribution in [3.63, 3.8) is 0 Å². The normalized spacial score (nSPS) is 11.3. The zero-order valence-corrected chi connectivity index (χ0v) is 15.8. The summed E-state index contributed by atoms with van der Waals surface area (Å²) in [6.45, 7) is 0. The lowest BCUT2D eigenvalue weighted by molar-refractivity contribution is -0.142. The molecule has 8 nitrogen and oxygen atoms in total. The Labute approximate surface area is 161 Å². The van der Waals surface area contributed by atoms with Crippen molar-refractivity contribution in [2.24, 2.45) is 10.9 Å². The van der Waals surface area contributed by atoms with E-state index in [4.69, 9.17) is 24.8 Å². The number of ether oxygens (including phenoxy) is 3. The van der Waals surface area contributed by atoms with Crippen LogP contribution >= 0.6 is 0 Å². The van der Waals surface area contributed by atoms with Gasteiger partial charge in [-0.2, -0.15) is 0 Å². The maximum Gasteiger partial charge on any atom is 0.339 e. The van der Waals surface area contributed by atoms with Crippen molar-refractivity contribution in [1.29, 1.82) is 0 Å². The second-order valence-electron chi connectivity index (χ2n) is 5.89. The number of nitrogens with two attached hydrogens (primary N) is 1. The fourth-order valence-electron chi connectivity index (χ4n) is 2.85. The maximum atomic E-state index is 12.2. The van der Waals surface area contributed by atoms with Crippen LogP contribution in [0.2, 0.25) is 0 Å². The monoisotopic (exact) mass is 383 g/mol. The Balaban J connectivity index is 1.75. The SMILES string of the molecule is COc1cc(/C(N)=N/OC(=O)Cc2c[nH]c3ccccc23)cc(OC)c1OC. The van der Waals surface area contributed by atoms with Gasteiger partial charge < -0.3 is 29.8 Å². The molecule has 0 atom stereocenters. The van der Waals surface area contributed by atoms with Crippen LogP contribution < -0.4 is 19.9 Å². The minimum atomic E-state index is -0.528. The van der Waals surface area contributed by atoms with E-state index < -0.39 is 5.97 Å². The van der Waals surface area contributed by atoms with Gasteiger partial charge in [0.1, 0.15) is 0 Å². The van der Waals surface area contributed by atoms with Gasteiger partial charge in [-0.1, -0.05) is 23.4 Å². The van der Waals surface area contributed by atoms with Gasteiger partial charge in [0.2, 0.25) is 5.75 Å². The summed E-state index contributed by atoms with van der Waals surface area (Å²) in [5.74, 6) is 0.741. The minimum Gasteiger partial charge on any atom is -0.493 e. The molecule has 146 valence electrons. The second-order valence-corrected chi connectivity index (χ2v) is 5.89. The summed E-state index contributed by atoms with van der Waals surface area (Å²) >= 11 is 0. The number of aromatic amines is 1. The van der Waals surface area contributed by atoms with Gasteiger partial charge in [0.15, 0.2) is 17.3 Å². The number of carbonyl (C=O) groups is 1. The summed E-state index contributed by atoms with van der Waals surface area (Å²) in [4.78, 5) is 20.3. The smallest absolute Gasteiger partial charge is 0.339 e. The number of hydrogen-bond acceptors (Lipinski definition) is 6. The van der Waals surface area contributed by atoms with Crippen LogP contribution in [0.25, 0.3) is 10.9 Å². The number of aromatic nitrogens is 1. The zero-order valence-electron chi connectivity index (χ0n) is 15.8. The van der Waals surface area contributed by atoms with Crippen molar-refractivity contribution < 1.29 is 23.8 Å². The van der Waals surface area contributed by atoms with E-state index in [0.717, 1.165) is 16.5 Å². The maximum absolute atomic E-state index is 12.2. The molecule has 0 saturated heterocycles. The molecule has 0 spiro atoms. The molecule has 0 fully saturated rings. The van der Waals surface area contributed by atoms with Crippen LogP contribution in [0.15, 0.2) is 47.8 Å². The summed E-state index contributed by atoms with van der Waals surface area (Å²) in [5.41, 5.74) is 8.20. The minimum absolute atomic E-state index is 0.00605. The summed E-state index contributed by atoms with van der Waals surface area (Å²) in [5, 5.41) is 4.70. The average molecular weight is 383 g/mol. The third-order valence-corrected chi connectivity index (χ3v) is 4.22. The number of amidine groups is 1. The van der Waals surface area contributed by atoms with E-state index in [1.807, 2.05) is 24.3 Å². The van der Waals surface area contributed by atoms with Gasteiger partial charge in [0.25, 0.3) is 0 Å². The highest BCUT2D eigenvalue weighted by Crippen LogP contribution is 2.38. The highest BCUT2D eigenvalue weighted by atomic mass is 16.7. The van der Waals surface area contributed by atoms with Crippen molar-refractivity contribution in [1.82, 2.24) is 4.98 Å². The first kappa shape index (κ1) is 19.1. The predicted octanol–water partition coefficient (Wildman–Crippen LogP) is 2.60. The second kappa shape index (κ2) is 8.34. The Morgan fingerprint density at radius 1 is 1.07 bits per heavy atom. The van der Waals surface area contributed by atoms with Gasteiger partial charge in [-0.25, -0.2) is 4.79 Å². The largest absolute Gasteiger partial charge is 0.493 e. The van der Waals surface area contributed by atoms with E-state index in [1.54, 1.807) is 18.3 Å². The van der Waals surface area contributed by atoms with Crippen molar-refractivity contribution in [2.75, 3.05) is 21.3 Å². The highest BCUT2D eigenvalue weighted by Gasteiger charge is 2.16. The van der Waals surface area contributed by atoms with Gasteiger partial charge >= 0.3 is 5.97 Å². The van der Waals surface area contributed by atoms with E-state index in [1.165, 1.54) is 21.3 Å². The van der Waals surface area contributed by atoms with Gasteiger partial charge in [0, 0.05) is 22.7 Å². The van der Waals surface area contributed by atoms with Crippen LogP contribution in [0.5, 0.6) is 17.2 Å². The van der Waals surface area contributed by atoms with Crippen molar-refractivity contribution >= 4 is 22.7 Å². The van der Waals surface area contributed by atoms with E-state index in [2.05, 4.69) is 10.1 Å². The molecule has 3 aromatic rings. The molecule has 1 aromatic heterocycles. The number of fused-ring (bicyclic) bond motifs is 1. The molecule has 0 aliphatic carbocycles. The van der Waals surface area contributed by atoms with Crippen LogP contribution in [0.3, 0.4) is 0 Å². The van der Waals surface area contributed by atoms with Crippen molar-refractivity contribution in [2.45, 2.75) is 6.42 Å². The molecule has 0 radical (unpaired) electrons. The van der Waals surface area contributed by atoms with Crippen molar-refractivity contribution in [3.8, 4) is 17.2 Å². The lowest BCUT2D eigenvalue weighted by atomic mass is 10.1. The van der Waals surface area contributed by atoms with Gasteiger partial charge in [-0.05, 0) is 23.8 Å². The van der Waals surface area contributed by atoms with E-state index >= 15 is 0 Å². The number of nitrogens with one attached hydrogen (secondary N) is 1. The molecule has 0 aliphatic heterocycles. The molecular formula is C20H21N3O5. The number of rotatable bonds is 7. The molecule has 3 rings (SSSR count). The number of para-hydroxylation sites is 1. The molecule has 2 aromatic carbocycles. The van der Waals surface area contributed by atoms with Crippen LogP contribution in [-0.2, 0) is 16.1 Å². The number of hydrogen-bond donors (Lipinski definition) is 2. The molecule has 1 heterocycles. The van der Waals surface area contributed by atoms with Gasteiger partial charge in [-0.15, -0.1) is 0 Å². The Kier molecular flexibility index (Phi) is 5.69. The van der Waals surface area contributed by atoms with Crippen LogP contribution in [0.1, 0.15) is 11.1 Å². The molecule has 3 N–H and O–H groups in total. The number of benzene rings is 2. The molecule has 28 heavy (non-hydrogen) atoms. The fourth-order valence-corrected chi connectivity index (χ4v) is 2.85. The molecule has 0 bridgehead atoms. The quantitative estimate of drug-likeness (QED) is 0.281. The standard InChI is InChI=1S/C20H21N3O5/c1-25-16-8-12(9-17(26-2)19(16)27-3)20(21)23-28-18(24)10-13-11-22-15-7-5-4-6-14(13)15/h4-9,11,22H,10H2,1-3H3,(H2,21,23). The zero-order chi connectivity index (χ0) is 20.1. The summed E-state index contributed by atoms with van der Waals surface area (Å²) < 4.78 is 15.8. The average Bonchev–Trinajstić information content (AvgIpc) is 3.13. The molecule has 0 aliphatic rings. The van der Waals surface area contributed by atoms with Crippen molar-refractivity contribution in [3.05, 3.63) is 53.7 Å². The molecule has 8 heteroatoms. The number of oxime groups is 1. The summed E-state index contributed by atoms with van der Waals surface area (Å²) in [6, 6.07) is 10.9. The highest BCUT2D eigenvalue weighted by molar-refractivity contribution is 5.98. The van der Waals surface area contributed by atoms with Crippen LogP contribution in [0.4, 0.5) is 0 Å². The number of nitrogens with zero attached hydrogens (tertiary/aromatic N) is 1. The molecular weight excluding hydrogens is 362 g/mol.